The van der Waals surface area contributed by atoms with Gasteiger partial charge < -0.3 is 11.1 Å². The zero-order valence-corrected chi connectivity index (χ0v) is 11.0. The zero-order valence-electron chi connectivity index (χ0n) is 11.0. The van der Waals surface area contributed by atoms with Crippen molar-refractivity contribution in [3.63, 3.8) is 0 Å². The highest BCUT2D eigenvalue weighted by Crippen LogP contribution is 2.23. The molecule has 2 aliphatic rings. The first-order valence-electron chi connectivity index (χ1n) is 7.41. The Morgan fingerprint density at radius 1 is 0.941 bits per heavy atom. The molecule has 0 spiro atoms. The van der Waals surface area contributed by atoms with Crippen LogP contribution in [0.2, 0.25) is 0 Å². The molecule has 0 aromatic rings. The molecule has 2 saturated carbocycles. The minimum Gasteiger partial charge on any atom is -0.370 e. The Labute approximate surface area is 105 Å². The number of aliphatic imine (C=N–C) groups is 1. The van der Waals surface area contributed by atoms with Gasteiger partial charge in [0.15, 0.2) is 5.96 Å². The summed E-state index contributed by atoms with van der Waals surface area (Å²) < 4.78 is 0. The molecule has 0 heterocycles. The van der Waals surface area contributed by atoms with Crippen molar-refractivity contribution in [2.24, 2.45) is 16.6 Å². The van der Waals surface area contributed by atoms with Gasteiger partial charge in [-0.25, -0.2) is 0 Å². The number of rotatable bonds is 3. The van der Waals surface area contributed by atoms with Crippen LogP contribution in [-0.2, 0) is 0 Å². The Hall–Kier alpha value is -0.730. The van der Waals surface area contributed by atoms with Crippen molar-refractivity contribution in [2.75, 3.05) is 6.54 Å². The standard InChI is InChI=1S/C14H27N3/c15-14(17-13-9-5-2-6-10-13)16-11-12-7-3-1-4-8-12/h12-13H,1-11H2,(H3,15,16,17). The lowest BCUT2D eigenvalue weighted by molar-refractivity contribution is 0.365. The highest BCUT2D eigenvalue weighted by Gasteiger charge is 2.15. The lowest BCUT2D eigenvalue weighted by Crippen LogP contribution is -2.41. The fraction of sp³-hybridized carbons (Fsp3) is 0.929. The van der Waals surface area contributed by atoms with Crippen LogP contribution in [0.25, 0.3) is 0 Å². The minimum atomic E-state index is 0.582. The number of nitrogens with two attached hydrogens (primary N) is 1. The van der Waals surface area contributed by atoms with Gasteiger partial charge in [-0.2, -0.15) is 0 Å². The minimum absolute atomic E-state index is 0.582. The Morgan fingerprint density at radius 2 is 1.53 bits per heavy atom. The van der Waals surface area contributed by atoms with E-state index in [9.17, 15) is 0 Å². The number of hydrogen-bond acceptors (Lipinski definition) is 1. The van der Waals surface area contributed by atoms with Crippen LogP contribution in [0.5, 0.6) is 0 Å². The monoisotopic (exact) mass is 237 g/mol. The molecule has 0 aromatic heterocycles. The molecule has 0 radical (unpaired) electrons. The third-order valence-electron chi connectivity index (χ3n) is 4.20. The first kappa shape index (κ1) is 12.7. The first-order valence-corrected chi connectivity index (χ1v) is 7.41. The van der Waals surface area contributed by atoms with Crippen molar-refractivity contribution in [1.82, 2.24) is 5.32 Å². The molecule has 17 heavy (non-hydrogen) atoms. The van der Waals surface area contributed by atoms with E-state index >= 15 is 0 Å². The normalized spacial score (nSPS) is 24.8. The summed E-state index contributed by atoms with van der Waals surface area (Å²) in [6, 6.07) is 0.582. The summed E-state index contributed by atoms with van der Waals surface area (Å²) >= 11 is 0. The molecule has 0 saturated heterocycles. The van der Waals surface area contributed by atoms with E-state index in [0.717, 1.165) is 12.5 Å². The SMILES string of the molecule is NC(=NCC1CCCCC1)NC1CCCCC1. The highest BCUT2D eigenvalue weighted by atomic mass is 15.1. The quantitative estimate of drug-likeness (QED) is 0.586. The molecule has 0 aliphatic heterocycles. The molecule has 0 bridgehead atoms. The lowest BCUT2D eigenvalue weighted by atomic mass is 9.89. The van der Waals surface area contributed by atoms with Crippen molar-refractivity contribution in [2.45, 2.75) is 70.3 Å². The van der Waals surface area contributed by atoms with Crippen molar-refractivity contribution >= 4 is 5.96 Å². The second-order valence-electron chi connectivity index (χ2n) is 5.71. The van der Waals surface area contributed by atoms with Gasteiger partial charge in [0.05, 0.1) is 0 Å². The highest BCUT2D eigenvalue weighted by molar-refractivity contribution is 5.78. The van der Waals surface area contributed by atoms with E-state index in [0.29, 0.717) is 12.0 Å². The maximum absolute atomic E-state index is 5.96. The summed E-state index contributed by atoms with van der Waals surface area (Å²) in [5, 5.41) is 3.39. The molecule has 2 fully saturated rings. The smallest absolute Gasteiger partial charge is 0.188 e. The Bertz CT molecular complexity index is 238. The summed E-state index contributed by atoms with van der Waals surface area (Å²) in [5.41, 5.74) is 5.96. The van der Waals surface area contributed by atoms with E-state index in [4.69, 9.17) is 5.73 Å². The van der Waals surface area contributed by atoms with Gasteiger partial charge in [0, 0.05) is 12.6 Å². The molecule has 0 amide bonds. The zero-order chi connectivity index (χ0) is 11.9. The van der Waals surface area contributed by atoms with Gasteiger partial charge in [-0.15, -0.1) is 0 Å². The molecule has 0 unspecified atom stereocenters. The van der Waals surface area contributed by atoms with Crippen LogP contribution < -0.4 is 11.1 Å². The van der Waals surface area contributed by atoms with Crippen molar-refractivity contribution in [3.8, 4) is 0 Å². The maximum Gasteiger partial charge on any atom is 0.188 e. The third-order valence-corrected chi connectivity index (χ3v) is 4.20. The van der Waals surface area contributed by atoms with Gasteiger partial charge in [-0.3, -0.25) is 4.99 Å². The Kier molecular flexibility index (Phi) is 5.14. The number of nitrogens with one attached hydrogen (secondary N) is 1. The summed E-state index contributed by atoms with van der Waals surface area (Å²) in [7, 11) is 0. The van der Waals surface area contributed by atoms with Crippen molar-refractivity contribution in [3.05, 3.63) is 0 Å². The van der Waals surface area contributed by atoms with Crippen molar-refractivity contribution < 1.29 is 0 Å². The largest absolute Gasteiger partial charge is 0.370 e. The number of nitrogens with zero attached hydrogens (tertiary/aromatic N) is 1. The summed E-state index contributed by atoms with van der Waals surface area (Å²) in [6.07, 6.45) is 13.5. The predicted octanol–water partition coefficient (Wildman–Crippen LogP) is 2.80. The van der Waals surface area contributed by atoms with Crippen LogP contribution in [-0.4, -0.2) is 18.5 Å². The summed E-state index contributed by atoms with van der Waals surface area (Å²) in [5.74, 6) is 1.47. The molecule has 2 rings (SSSR count). The lowest BCUT2D eigenvalue weighted by Gasteiger charge is -2.24. The van der Waals surface area contributed by atoms with Crippen LogP contribution in [0.15, 0.2) is 4.99 Å². The fourth-order valence-corrected chi connectivity index (χ4v) is 3.10. The van der Waals surface area contributed by atoms with E-state index in [1.54, 1.807) is 0 Å². The fourth-order valence-electron chi connectivity index (χ4n) is 3.10. The van der Waals surface area contributed by atoms with Gasteiger partial charge in [0.25, 0.3) is 0 Å². The number of guanidine groups is 1. The second-order valence-corrected chi connectivity index (χ2v) is 5.71. The van der Waals surface area contributed by atoms with E-state index in [1.165, 1.54) is 64.2 Å². The first-order chi connectivity index (χ1) is 8.34. The van der Waals surface area contributed by atoms with Crippen LogP contribution in [0.4, 0.5) is 0 Å². The van der Waals surface area contributed by atoms with Crippen LogP contribution in [0, 0.1) is 5.92 Å². The van der Waals surface area contributed by atoms with E-state index < -0.39 is 0 Å². The van der Waals surface area contributed by atoms with Gasteiger partial charge in [0.2, 0.25) is 0 Å². The predicted molar refractivity (Wildman–Crippen MR) is 73.1 cm³/mol. The molecule has 3 heteroatoms. The average molecular weight is 237 g/mol. The topological polar surface area (TPSA) is 50.4 Å². The van der Waals surface area contributed by atoms with E-state index in [2.05, 4.69) is 10.3 Å². The average Bonchev–Trinajstić information content (AvgIpc) is 2.39. The van der Waals surface area contributed by atoms with Crippen LogP contribution in [0.3, 0.4) is 0 Å². The Balaban J connectivity index is 1.68. The van der Waals surface area contributed by atoms with Gasteiger partial charge in [0.1, 0.15) is 0 Å². The van der Waals surface area contributed by atoms with Crippen LogP contribution >= 0.6 is 0 Å². The summed E-state index contributed by atoms with van der Waals surface area (Å²) in [4.78, 5) is 4.53. The van der Waals surface area contributed by atoms with Crippen LogP contribution in [0.1, 0.15) is 64.2 Å². The molecule has 2 aliphatic carbocycles. The molecule has 98 valence electrons. The molecule has 0 atom stereocenters. The van der Waals surface area contributed by atoms with Crippen molar-refractivity contribution in [1.29, 1.82) is 0 Å². The molecule has 3 nitrogen and oxygen atoms in total. The molecular weight excluding hydrogens is 210 g/mol. The second kappa shape index (κ2) is 6.87. The number of hydrogen-bond donors (Lipinski definition) is 2. The molecule has 0 aromatic carbocycles. The maximum atomic E-state index is 5.96. The summed E-state index contributed by atoms with van der Waals surface area (Å²) in [6.45, 7) is 0.936. The third kappa shape index (κ3) is 4.57. The molecular formula is C14H27N3. The van der Waals surface area contributed by atoms with E-state index in [-0.39, 0.29) is 0 Å². The molecule has 3 N–H and O–H groups in total. The Morgan fingerprint density at radius 3 is 2.18 bits per heavy atom. The van der Waals surface area contributed by atoms with Gasteiger partial charge >= 0.3 is 0 Å². The van der Waals surface area contributed by atoms with E-state index in [1.807, 2.05) is 0 Å². The van der Waals surface area contributed by atoms with Gasteiger partial charge in [-0.1, -0.05) is 38.5 Å². The van der Waals surface area contributed by atoms with Gasteiger partial charge in [-0.05, 0) is 31.6 Å².